The van der Waals surface area contributed by atoms with Crippen molar-refractivity contribution >= 4 is 5.69 Å². The molecule has 0 amide bonds. The SMILES string of the molecule is CCN1CCC(CO)(Nc2cccc(C)c2)CC1. The highest BCUT2D eigenvalue weighted by atomic mass is 16.3. The molecule has 3 heteroatoms. The molecule has 1 saturated heterocycles. The van der Waals surface area contributed by atoms with Crippen LogP contribution in [0.15, 0.2) is 24.3 Å². The van der Waals surface area contributed by atoms with Crippen molar-refractivity contribution in [3.63, 3.8) is 0 Å². The van der Waals surface area contributed by atoms with E-state index in [2.05, 4.69) is 48.3 Å². The van der Waals surface area contributed by atoms with Gasteiger partial charge in [0.2, 0.25) is 0 Å². The quantitative estimate of drug-likeness (QED) is 0.858. The third kappa shape index (κ3) is 3.03. The molecule has 2 rings (SSSR count). The van der Waals surface area contributed by atoms with Gasteiger partial charge in [-0.2, -0.15) is 0 Å². The lowest BCUT2D eigenvalue weighted by Crippen LogP contribution is -2.51. The smallest absolute Gasteiger partial charge is 0.0662 e. The van der Waals surface area contributed by atoms with E-state index in [1.54, 1.807) is 0 Å². The van der Waals surface area contributed by atoms with Crippen molar-refractivity contribution in [3.05, 3.63) is 29.8 Å². The first kappa shape index (κ1) is 13.4. The number of aliphatic hydroxyl groups excluding tert-OH is 1. The van der Waals surface area contributed by atoms with E-state index in [1.807, 2.05) is 0 Å². The van der Waals surface area contributed by atoms with Crippen LogP contribution >= 0.6 is 0 Å². The molecular weight excluding hydrogens is 224 g/mol. The molecule has 100 valence electrons. The molecule has 1 heterocycles. The second-order valence-electron chi connectivity index (χ2n) is 5.37. The van der Waals surface area contributed by atoms with E-state index >= 15 is 0 Å². The Morgan fingerprint density at radius 3 is 2.61 bits per heavy atom. The fourth-order valence-corrected chi connectivity index (χ4v) is 2.65. The number of anilines is 1. The molecule has 0 bridgehead atoms. The maximum Gasteiger partial charge on any atom is 0.0662 e. The van der Waals surface area contributed by atoms with Crippen molar-refractivity contribution < 1.29 is 5.11 Å². The molecule has 1 aliphatic rings. The first-order chi connectivity index (χ1) is 8.67. The van der Waals surface area contributed by atoms with Crippen LogP contribution in [-0.2, 0) is 0 Å². The average Bonchev–Trinajstić information content (AvgIpc) is 2.39. The zero-order valence-electron chi connectivity index (χ0n) is 11.4. The predicted octanol–water partition coefficient (Wildman–Crippen LogP) is 2.25. The summed E-state index contributed by atoms with van der Waals surface area (Å²) in [7, 11) is 0. The summed E-state index contributed by atoms with van der Waals surface area (Å²) >= 11 is 0. The summed E-state index contributed by atoms with van der Waals surface area (Å²) in [5, 5.41) is 13.3. The highest BCUT2D eigenvalue weighted by molar-refractivity contribution is 5.48. The summed E-state index contributed by atoms with van der Waals surface area (Å²) < 4.78 is 0. The highest BCUT2D eigenvalue weighted by Crippen LogP contribution is 2.27. The van der Waals surface area contributed by atoms with Gasteiger partial charge in [0.25, 0.3) is 0 Å². The monoisotopic (exact) mass is 248 g/mol. The lowest BCUT2D eigenvalue weighted by molar-refractivity contribution is 0.122. The number of aryl methyl sites for hydroxylation is 1. The minimum atomic E-state index is -0.139. The van der Waals surface area contributed by atoms with Crippen molar-refractivity contribution in [1.82, 2.24) is 4.90 Å². The van der Waals surface area contributed by atoms with E-state index in [4.69, 9.17) is 0 Å². The van der Waals surface area contributed by atoms with Crippen LogP contribution in [0.5, 0.6) is 0 Å². The second-order valence-corrected chi connectivity index (χ2v) is 5.37. The molecule has 0 saturated carbocycles. The number of aliphatic hydroxyl groups is 1. The van der Waals surface area contributed by atoms with Crippen LogP contribution in [0.4, 0.5) is 5.69 Å². The molecule has 1 aliphatic heterocycles. The molecule has 1 aromatic rings. The van der Waals surface area contributed by atoms with Crippen LogP contribution in [0, 0.1) is 6.92 Å². The van der Waals surface area contributed by atoms with Gasteiger partial charge in [-0.05, 0) is 44.0 Å². The van der Waals surface area contributed by atoms with Crippen LogP contribution in [0.2, 0.25) is 0 Å². The average molecular weight is 248 g/mol. The molecule has 0 aromatic heterocycles. The van der Waals surface area contributed by atoms with Crippen LogP contribution < -0.4 is 5.32 Å². The predicted molar refractivity (Wildman–Crippen MR) is 76.0 cm³/mol. The van der Waals surface area contributed by atoms with Crippen molar-refractivity contribution in [2.45, 2.75) is 32.2 Å². The minimum absolute atomic E-state index is 0.139. The number of nitrogens with one attached hydrogen (secondary N) is 1. The number of likely N-dealkylation sites (tertiary alicyclic amines) is 1. The Morgan fingerprint density at radius 2 is 2.06 bits per heavy atom. The van der Waals surface area contributed by atoms with E-state index in [9.17, 15) is 5.11 Å². The third-order valence-corrected chi connectivity index (χ3v) is 3.99. The molecule has 0 atom stereocenters. The zero-order chi connectivity index (χ0) is 13.0. The number of benzene rings is 1. The van der Waals surface area contributed by atoms with Gasteiger partial charge in [0.05, 0.1) is 12.1 Å². The summed E-state index contributed by atoms with van der Waals surface area (Å²) in [4.78, 5) is 2.44. The number of hydrogen-bond donors (Lipinski definition) is 2. The van der Waals surface area contributed by atoms with Gasteiger partial charge < -0.3 is 15.3 Å². The van der Waals surface area contributed by atoms with Gasteiger partial charge in [-0.25, -0.2) is 0 Å². The Balaban J connectivity index is 2.05. The molecule has 1 fully saturated rings. The van der Waals surface area contributed by atoms with Crippen molar-refractivity contribution in [2.75, 3.05) is 31.6 Å². The summed E-state index contributed by atoms with van der Waals surface area (Å²) in [6.45, 7) is 7.73. The van der Waals surface area contributed by atoms with Crippen LogP contribution in [0.3, 0.4) is 0 Å². The molecular formula is C15H24N2O. The molecule has 0 spiro atoms. The Hall–Kier alpha value is -1.06. The highest BCUT2D eigenvalue weighted by Gasteiger charge is 2.33. The molecule has 0 radical (unpaired) electrons. The Bertz CT molecular complexity index is 384. The normalized spacial score (nSPS) is 19.7. The molecule has 2 N–H and O–H groups in total. The summed E-state index contributed by atoms with van der Waals surface area (Å²) in [6.07, 6.45) is 2.01. The molecule has 0 unspecified atom stereocenters. The molecule has 1 aromatic carbocycles. The maximum atomic E-state index is 9.75. The second kappa shape index (κ2) is 5.72. The summed E-state index contributed by atoms with van der Waals surface area (Å²) in [5.74, 6) is 0. The van der Waals surface area contributed by atoms with E-state index in [0.717, 1.165) is 38.2 Å². The van der Waals surface area contributed by atoms with Crippen LogP contribution in [0.1, 0.15) is 25.3 Å². The first-order valence-corrected chi connectivity index (χ1v) is 6.85. The number of rotatable bonds is 4. The first-order valence-electron chi connectivity index (χ1n) is 6.85. The third-order valence-electron chi connectivity index (χ3n) is 3.99. The number of hydrogen-bond acceptors (Lipinski definition) is 3. The van der Waals surface area contributed by atoms with Crippen molar-refractivity contribution in [3.8, 4) is 0 Å². The van der Waals surface area contributed by atoms with E-state index < -0.39 is 0 Å². The van der Waals surface area contributed by atoms with E-state index in [1.165, 1.54) is 5.56 Å². The van der Waals surface area contributed by atoms with Gasteiger partial charge in [-0.1, -0.05) is 19.1 Å². The van der Waals surface area contributed by atoms with E-state index in [0.29, 0.717) is 0 Å². The summed E-state index contributed by atoms with van der Waals surface area (Å²) in [5.41, 5.74) is 2.23. The Morgan fingerprint density at radius 1 is 1.33 bits per heavy atom. The lowest BCUT2D eigenvalue weighted by atomic mass is 9.88. The van der Waals surface area contributed by atoms with Crippen molar-refractivity contribution in [1.29, 1.82) is 0 Å². The van der Waals surface area contributed by atoms with Gasteiger partial charge in [-0.15, -0.1) is 0 Å². The minimum Gasteiger partial charge on any atom is -0.394 e. The Labute approximate surface area is 110 Å². The van der Waals surface area contributed by atoms with Gasteiger partial charge in [0.1, 0.15) is 0 Å². The van der Waals surface area contributed by atoms with Crippen LogP contribution in [-0.4, -0.2) is 41.8 Å². The Kier molecular flexibility index (Phi) is 4.25. The maximum absolute atomic E-state index is 9.75. The fourth-order valence-electron chi connectivity index (χ4n) is 2.65. The number of nitrogens with zero attached hydrogens (tertiary/aromatic N) is 1. The molecule has 18 heavy (non-hydrogen) atoms. The largest absolute Gasteiger partial charge is 0.394 e. The summed E-state index contributed by atoms with van der Waals surface area (Å²) in [6, 6.07) is 8.38. The van der Waals surface area contributed by atoms with Gasteiger partial charge in [0, 0.05) is 18.8 Å². The molecule has 0 aliphatic carbocycles. The lowest BCUT2D eigenvalue weighted by Gasteiger charge is -2.41. The topological polar surface area (TPSA) is 35.5 Å². The fraction of sp³-hybridized carbons (Fsp3) is 0.600. The van der Waals surface area contributed by atoms with Crippen LogP contribution in [0.25, 0.3) is 0 Å². The van der Waals surface area contributed by atoms with Crippen molar-refractivity contribution in [2.24, 2.45) is 0 Å². The van der Waals surface area contributed by atoms with Gasteiger partial charge in [0.15, 0.2) is 0 Å². The molecule has 3 nitrogen and oxygen atoms in total. The standard InChI is InChI=1S/C15H24N2O/c1-3-17-9-7-15(12-18,8-10-17)16-14-6-4-5-13(2)11-14/h4-6,11,16,18H,3,7-10,12H2,1-2H3. The van der Waals surface area contributed by atoms with Gasteiger partial charge >= 0.3 is 0 Å². The number of piperidine rings is 1. The zero-order valence-corrected chi connectivity index (χ0v) is 11.4. The van der Waals surface area contributed by atoms with E-state index in [-0.39, 0.29) is 12.1 Å². The van der Waals surface area contributed by atoms with Gasteiger partial charge in [-0.3, -0.25) is 0 Å².